The maximum absolute atomic E-state index is 12.5. The molecule has 0 unspecified atom stereocenters. The molecule has 3 rings (SSSR count). The molecule has 0 radical (unpaired) electrons. The average molecular weight is 301 g/mol. The van der Waals surface area contributed by atoms with Crippen LogP contribution >= 0.6 is 0 Å². The van der Waals surface area contributed by atoms with E-state index in [9.17, 15) is 9.59 Å². The normalized spacial score (nSPS) is 19.2. The summed E-state index contributed by atoms with van der Waals surface area (Å²) in [5, 5.41) is 3.05. The molecule has 0 aromatic carbocycles. The lowest BCUT2D eigenvalue weighted by atomic mass is 10.1. The van der Waals surface area contributed by atoms with Gasteiger partial charge in [0.25, 0.3) is 11.8 Å². The Morgan fingerprint density at radius 2 is 1.82 bits per heavy atom. The first-order chi connectivity index (χ1) is 10.7. The van der Waals surface area contributed by atoms with Crippen LogP contribution in [0.2, 0.25) is 0 Å². The van der Waals surface area contributed by atoms with Crippen LogP contribution in [0.25, 0.3) is 0 Å². The van der Waals surface area contributed by atoms with Gasteiger partial charge in [-0.2, -0.15) is 0 Å². The highest BCUT2D eigenvalue weighted by Crippen LogP contribution is 2.18. The Labute approximate surface area is 131 Å². The number of aromatic nitrogens is 1. The molecule has 5 heteroatoms. The van der Waals surface area contributed by atoms with Gasteiger partial charge in [-0.1, -0.05) is 12.8 Å². The molecule has 5 nitrogen and oxygen atoms in total. The number of piperidine rings is 1. The van der Waals surface area contributed by atoms with Gasteiger partial charge in [0.2, 0.25) is 0 Å². The largest absolute Gasteiger partial charge is 0.349 e. The molecule has 1 aromatic rings. The Morgan fingerprint density at radius 3 is 2.55 bits per heavy atom. The van der Waals surface area contributed by atoms with Crippen LogP contribution in [0.15, 0.2) is 18.3 Å². The summed E-state index contributed by atoms with van der Waals surface area (Å²) in [6, 6.07) is 3.58. The molecule has 2 fully saturated rings. The number of rotatable bonds is 3. The second-order valence-electron chi connectivity index (χ2n) is 6.24. The van der Waals surface area contributed by atoms with Gasteiger partial charge >= 0.3 is 0 Å². The molecule has 1 saturated heterocycles. The van der Waals surface area contributed by atoms with Gasteiger partial charge in [0.15, 0.2) is 0 Å². The number of nitrogens with zero attached hydrogens (tertiary/aromatic N) is 2. The van der Waals surface area contributed by atoms with Crippen molar-refractivity contribution in [2.75, 3.05) is 13.1 Å². The van der Waals surface area contributed by atoms with E-state index >= 15 is 0 Å². The molecular weight excluding hydrogens is 278 g/mol. The number of carbonyl (C=O) groups excluding carboxylic acids is 2. The Bertz CT molecular complexity index is 547. The number of amides is 2. The standard InChI is InChI=1S/C17H23N3O2/c21-16(19-14-6-2-3-7-14)13-8-9-18-15(12-13)17(22)20-10-4-1-5-11-20/h8-9,12,14H,1-7,10-11H2,(H,19,21). The molecule has 0 atom stereocenters. The summed E-state index contributed by atoms with van der Waals surface area (Å²) >= 11 is 0. The van der Waals surface area contributed by atoms with Crippen molar-refractivity contribution in [3.05, 3.63) is 29.6 Å². The minimum Gasteiger partial charge on any atom is -0.349 e. The van der Waals surface area contributed by atoms with Gasteiger partial charge in [0, 0.05) is 30.9 Å². The molecular formula is C17H23N3O2. The number of likely N-dealkylation sites (tertiary alicyclic amines) is 1. The topological polar surface area (TPSA) is 62.3 Å². The predicted octanol–water partition coefficient (Wildman–Crippen LogP) is 2.38. The van der Waals surface area contributed by atoms with Crippen LogP contribution in [0, 0.1) is 0 Å². The van der Waals surface area contributed by atoms with Crippen molar-refractivity contribution in [1.82, 2.24) is 15.2 Å². The SMILES string of the molecule is O=C(NC1CCCC1)c1ccnc(C(=O)N2CCCCC2)c1. The number of hydrogen-bond donors (Lipinski definition) is 1. The summed E-state index contributed by atoms with van der Waals surface area (Å²) in [5.74, 6) is -0.155. The fraction of sp³-hybridized carbons (Fsp3) is 0.588. The van der Waals surface area contributed by atoms with E-state index in [4.69, 9.17) is 0 Å². The maximum atomic E-state index is 12.5. The quantitative estimate of drug-likeness (QED) is 0.932. The number of pyridine rings is 1. The molecule has 2 aliphatic rings. The lowest BCUT2D eigenvalue weighted by Crippen LogP contribution is -2.36. The van der Waals surface area contributed by atoms with Crippen LogP contribution in [0.5, 0.6) is 0 Å². The van der Waals surface area contributed by atoms with Gasteiger partial charge in [-0.25, -0.2) is 0 Å². The maximum Gasteiger partial charge on any atom is 0.272 e. The predicted molar refractivity (Wildman–Crippen MR) is 83.7 cm³/mol. The van der Waals surface area contributed by atoms with Crippen LogP contribution < -0.4 is 5.32 Å². The van der Waals surface area contributed by atoms with Gasteiger partial charge in [-0.05, 0) is 44.2 Å². The van der Waals surface area contributed by atoms with Gasteiger partial charge in [-0.3, -0.25) is 14.6 Å². The fourth-order valence-corrected chi connectivity index (χ4v) is 3.29. The summed E-state index contributed by atoms with van der Waals surface area (Å²) in [6.07, 6.45) is 9.30. The van der Waals surface area contributed by atoms with E-state index in [1.807, 2.05) is 4.90 Å². The molecule has 0 spiro atoms. The third kappa shape index (κ3) is 3.46. The lowest BCUT2D eigenvalue weighted by Gasteiger charge is -2.26. The van der Waals surface area contributed by atoms with Gasteiger partial charge < -0.3 is 10.2 Å². The van der Waals surface area contributed by atoms with E-state index in [0.29, 0.717) is 11.3 Å². The zero-order valence-electron chi connectivity index (χ0n) is 12.9. The van der Waals surface area contributed by atoms with Crippen molar-refractivity contribution in [2.45, 2.75) is 51.0 Å². The van der Waals surface area contributed by atoms with Crippen LogP contribution in [-0.2, 0) is 0 Å². The second kappa shape index (κ2) is 6.90. The molecule has 118 valence electrons. The van der Waals surface area contributed by atoms with Crippen molar-refractivity contribution < 1.29 is 9.59 Å². The second-order valence-corrected chi connectivity index (χ2v) is 6.24. The summed E-state index contributed by atoms with van der Waals surface area (Å²) in [5.41, 5.74) is 0.906. The molecule has 2 amide bonds. The molecule has 1 aliphatic heterocycles. The van der Waals surface area contributed by atoms with Gasteiger partial charge in [-0.15, -0.1) is 0 Å². The minimum absolute atomic E-state index is 0.0600. The minimum atomic E-state index is -0.0954. The van der Waals surface area contributed by atoms with Crippen LogP contribution in [0.4, 0.5) is 0 Å². The summed E-state index contributed by atoms with van der Waals surface area (Å²) in [4.78, 5) is 30.7. The number of hydrogen-bond acceptors (Lipinski definition) is 3. The van der Waals surface area contributed by atoms with Crippen molar-refractivity contribution in [2.24, 2.45) is 0 Å². The smallest absolute Gasteiger partial charge is 0.272 e. The van der Waals surface area contributed by atoms with E-state index in [1.54, 1.807) is 18.3 Å². The van der Waals surface area contributed by atoms with E-state index in [2.05, 4.69) is 10.3 Å². The zero-order valence-corrected chi connectivity index (χ0v) is 12.9. The van der Waals surface area contributed by atoms with E-state index in [1.165, 1.54) is 19.3 Å². The van der Waals surface area contributed by atoms with E-state index < -0.39 is 0 Å². The Hall–Kier alpha value is -1.91. The molecule has 1 aromatic heterocycles. The van der Waals surface area contributed by atoms with E-state index in [-0.39, 0.29) is 17.9 Å². The molecule has 1 N–H and O–H groups in total. The van der Waals surface area contributed by atoms with Crippen molar-refractivity contribution in [1.29, 1.82) is 0 Å². The number of nitrogens with one attached hydrogen (secondary N) is 1. The first-order valence-electron chi connectivity index (χ1n) is 8.30. The Kier molecular flexibility index (Phi) is 4.71. The third-order valence-corrected chi connectivity index (χ3v) is 4.57. The monoisotopic (exact) mass is 301 g/mol. The Morgan fingerprint density at radius 1 is 1.09 bits per heavy atom. The third-order valence-electron chi connectivity index (χ3n) is 4.57. The fourth-order valence-electron chi connectivity index (χ4n) is 3.29. The van der Waals surface area contributed by atoms with Crippen molar-refractivity contribution in [3.8, 4) is 0 Å². The first-order valence-corrected chi connectivity index (χ1v) is 8.30. The Balaban J connectivity index is 1.68. The molecule has 1 saturated carbocycles. The van der Waals surface area contributed by atoms with E-state index in [0.717, 1.165) is 38.8 Å². The summed E-state index contributed by atoms with van der Waals surface area (Å²) in [7, 11) is 0. The molecule has 1 aliphatic carbocycles. The summed E-state index contributed by atoms with van der Waals surface area (Å²) < 4.78 is 0. The highest BCUT2D eigenvalue weighted by atomic mass is 16.2. The molecule has 0 bridgehead atoms. The number of carbonyl (C=O) groups is 2. The lowest BCUT2D eigenvalue weighted by molar-refractivity contribution is 0.0718. The van der Waals surface area contributed by atoms with Crippen LogP contribution in [0.1, 0.15) is 65.8 Å². The van der Waals surface area contributed by atoms with Crippen molar-refractivity contribution >= 4 is 11.8 Å². The molecule has 2 heterocycles. The van der Waals surface area contributed by atoms with Crippen LogP contribution in [-0.4, -0.2) is 40.8 Å². The zero-order chi connectivity index (χ0) is 15.4. The highest BCUT2D eigenvalue weighted by Gasteiger charge is 2.22. The first kappa shape index (κ1) is 15.0. The van der Waals surface area contributed by atoms with Gasteiger partial charge in [0.05, 0.1) is 0 Å². The summed E-state index contributed by atoms with van der Waals surface area (Å²) in [6.45, 7) is 1.58. The van der Waals surface area contributed by atoms with Crippen molar-refractivity contribution in [3.63, 3.8) is 0 Å². The highest BCUT2D eigenvalue weighted by molar-refractivity contribution is 5.98. The van der Waals surface area contributed by atoms with Gasteiger partial charge in [0.1, 0.15) is 5.69 Å². The van der Waals surface area contributed by atoms with Crippen LogP contribution in [0.3, 0.4) is 0 Å². The average Bonchev–Trinajstić information content (AvgIpc) is 3.08. The molecule has 22 heavy (non-hydrogen) atoms.